The second kappa shape index (κ2) is 7.81. The molecule has 1 aromatic heterocycles. The van der Waals surface area contributed by atoms with Gasteiger partial charge in [-0.15, -0.1) is 0 Å². The van der Waals surface area contributed by atoms with Crippen molar-refractivity contribution in [1.29, 1.82) is 0 Å². The van der Waals surface area contributed by atoms with E-state index in [4.69, 9.17) is 4.74 Å². The summed E-state index contributed by atoms with van der Waals surface area (Å²) in [6, 6.07) is 0. The summed E-state index contributed by atoms with van der Waals surface area (Å²) in [6.07, 6.45) is 2.35. The summed E-state index contributed by atoms with van der Waals surface area (Å²) in [5.41, 5.74) is 0.215. The number of amides is 1. The van der Waals surface area contributed by atoms with Crippen LogP contribution in [0.2, 0.25) is 0 Å². The molecule has 1 amide bonds. The Hall–Kier alpha value is -1.86. The van der Waals surface area contributed by atoms with E-state index in [9.17, 15) is 13.6 Å². The van der Waals surface area contributed by atoms with Crippen LogP contribution in [-0.4, -0.2) is 52.4 Å². The molecule has 0 spiro atoms. The number of anilines is 1. The van der Waals surface area contributed by atoms with Gasteiger partial charge in [0, 0.05) is 25.8 Å². The zero-order chi connectivity index (χ0) is 17.7. The summed E-state index contributed by atoms with van der Waals surface area (Å²) < 4.78 is 31.3. The number of rotatable bonds is 5. The quantitative estimate of drug-likeness (QED) is 0.891. The van der Waals surface area contributed by atoms with Crippen molar-refractivity contribution in [2.24, 2.45) is 5.92 Å². The third kappa shape index (κ3) is 5.98. The van der Waals surface area contributed by atoms with Gasteiger partial charge >= 0.3 is 6.09 Å². The number of alkyl halides is 2. The van der Waals surface area contributed by atoms with Crippen LogP contribution >= 0.6 is 0 Å². The Balaban J connectivity index is 1.80. The van der Waals surface area contributed by atoms with Crippen LogP contribution in [0.15, 0.2) is 12.4 Å². The average Bonchev–Trinajstić information content (AvgIpc) is 2.90. The highest BCUT2D eigenvalue weighted by Gasteiger charge is 2.27. The molecule has 24 heavy (non-hydrogen) atoms. The van der Waals surface area contributed by atoms with E-state index < -0.39 is 18.6 Å². The van der Waals surface area contributed by atoms with E-state index in [1.54, 1.807) is 11.1 Å². The van der Waals surface area contributed by atoms with Gasteiger partial charge in [-0.1, -0.05) is 0 Å². The van der Waals surface area contributed by atoms with Gasteiger partial charge in [-0.3, -0.25) is 4.68 Å². The van der Waals surface area contributed by atoms with Crippen LogP contribution in [0.1, 0.15) is 33.6 Å². The van der Waals surface area contributed by atoms with Crippen molar-refractivity contribution < 1.29 is 18.3 Å². The number of nitrogens with zero attached hydrogens (tertiary/aromatic N) is 3. The first-order chi connectivity index (χ1) is 11.2. The topological polar surface area (TPSA) is 59.4 Å². The zero-order valence-electron chi connectivity index (χ0n) is 14.5. The molecule has 8 heteroatoms. The molecule has 0 unspecified atom stereocenters. The van der Waals surface area contributed by atoms with E-state index in [-0.39, 0.29) is 6.09 Å². The molecule has 0 aliphatic carbocycles. The number of likely N-dealkylation sites (tertiary alicyclic amines) is 1. The number of ether oxygens (including phenoxy) is 1. The Kier molecular flexibility index (Phi) is 6.01. The normalized spacial score (nSPS) is 18.8. The van der Waals surface area contributed by atoms with E-state index in [0.717, 1.165) is 12.8 Å². The van der Waals surface area contributed by atoms with Gasteiger partial charge in [-0.25, -0.2) is 13.6 Å². The van der Waals surface area contributed by atoms with E-state index in [0.29, 0.717) is 31.2 Å². The molecular weight excluding hydrogens is 318 g/mol. The summed E-state index contributed by atoms with van der Waals surface area (Å²) in [7, 11) is 0. The second-order valence-corrected chi connectivity index (χ2v) is 7.16. The number of carbonyl (C=O) groups excluding carboxylic acids is 1. The Morgan fingerprint density at radius 2 is 2.25 bits per heavy atom. The molecular formula is C16H26F2N4O2. The van der Waals surface area contributed by atoms with E-state index >= 15 is 0 Å². The maximum absolute atomic E-state index is 12.3. The summed E-state index contributed by atoms with van der Waals surface area (Å²) in [6.45, 7) is 7.16. The Morgan fingerprint density at radius 3 is 2.92 bits per heavy atom. The molecule has 1 atom stereocenters. The molecule has 1 saturated heterocycles. The van der Waals surface area contributed by atoms with Crippen molar-refractivity contribution >= 4 is 11.8 Å². The molecule has 0 bridgehead atoms. The minimum absolute atomic E-state index is 0.281. The number of hydrogen-bond acceptors (Lipinski definition) is 4. The fraction of sp³-hybridized carbons (Fsp3) is 0.750. The number of piperidine rings is 1. The predicted octanol–water partition coefficient (Wildman–Crippen LogP) is 3.21. The molecule has 0 saturated carbocycles. The third-order valence-electron chi connectivity index (χ3n) is 3.72. The van der Waals surface area contributed by atoms with Crippen molar-refractivity contribution in [2.45, 2.75) is 52.2 Å². The summed E-state index contributed by atoms with van der Waals surface area (Å²) in [5.74, 6) is 0.296. The molecule has 0 radical (unpaired) electrons. The second-order valence-electron chi connectivity index (χ2n) is 7.16. The first kappa shape index (κ1) is 18.5. The summed E-state index contributed by atoms with van der Waals surface area (Å²) in [5, 5.41) is 7.10. The lowest BCUT2D eigenvalue weighted by Gasteiger charge is -2.34. The van der Waals surface area contributed by atoms with Crippen LogP contribution in [0.5, 0.6) is 0 Å². The van der Waals surface area contributed by atoms with Gasteiger partial charge in [-0.05, 0) is 39.5 Å². The van der Waals surface area contributed by atoms with Gasteiger partial charge in [0.2, 0.25) is 0 Å². The number of aromatic nitrogens is 2. The lowest BCUT2D eigenvalue weighted by atomic mass is 9.98. The molecule has 0 aromatic carbocycles. The molecule has 1 fully saturated rings. The molecule has 136 valence electrons. The maximum atomic E-state index is 12.3. The Labute approximate surface area is 141 Å². The molecule has 1 aliphatic heterocycles. The summed E-state index contributed by atoms with van der Waals surface area (Å²) >= 11 is 0. The van der Waals surface area contributed by atoms with Crippen molar-refractivity contribution in [1.82, 2.24) is 14.7 Å². The van der Waals surface area contributed by atoms with Gasteiger partial charge in [0.05, 0.1) is 11.9 Å². The van der Waals surface area contributed by atoms with Crippen LogP contribution in [-0.2, 0) is 11.3 Å². The van der Waals surface area contributed by atoms with Crippen LogP contribution in [0.25, 0.3) is 0 Å². The minimum atomic E-state index is -2.42. The first-order valence-corrected chi connectivity index (χ1v) is 8.25. The van der Waals surface area contributed by atoms with Crippen molar-refractivity contribution in [3.8, 4) is 0 Å². The standard InChI is InChI=1S/C16H26F2N4O2/c1-16(2,3)24-15(23)21-6-4-5-12(9-21)7-19-13-8-20-22(10-13)11-14(17)18/h8,10,12,14,19H,4-7,9,11H2,1-3H3/t12-/m0/s1. The van der Waals surface area contributed by atoms with Crippen LogP contribution in [0, 0.1) is 5.92 Å². The molecule has 1 aliphatic rings. The SMILES string of the molecule is CC(C)(C)OC(=O)N1CCC[C@@H](CNc2cnn(CC(F)F)c2)C1. The molecule has 2 rings (SSSR count). The van der Waals surface area contributed by atoms with Crippen LogP contribution in [0.3, 0.4) is 0 Å². The highest BCUT2D eigenvalue weighted by molar-refractivity contribution is 5.68. The number of halogens is 2. The lowest BCUT2D eigenvalue weighted by Crippen LogP contribution is -2.44. The fourth-order valence-corrected chi connectivity index (χ4v) is 2.68. The van der Waals surface area contributed by atoms with Gasteiger partial charge in [0.15, 0.2) is 0 Å². The number of hydrogen-bond donors (Lipinski definition) is 1. The van der Waals surface area contributed by atoms with E-state index in [1.807, 2.05) is 20.8 Å². The minimum Gasteiger partial charge on any atom is -0.444 e. The largest absolute Gasteiger partial charge is 0.444 e. The molecule has 1 aromatic rings. The van der Waals surface area contributed by atoms with E-state index in [1.165, 1.54) is 10.9 Å². The van der Waals surface area contributed by atoms with Gasteiger partial charge in [-0.2, -0.15) is 5.10 Å². The van der Waals surface area contributed by atoms with Crippen LogP contribution < -0.4 is 5.32 Å². The van der Waals surface area contributed by atoms with Gasteiger partial charge in [0.1, 0.15) is 12.1 Å². The molecule has 2 heterocycles. The molecule has 1 N–H and O–H groups in total. The highest BCUT2D eigenvalue weighted by atomic mass is 19.3. The average molecular weight is 344 g/mol. The monoisotopic (exact) mass is 344 g/mol. The summed E-state index contributed by atoms with van der Waals surface area (Å²) in [4.78, 5) is 13.9. The lowest BCUT2D eigenvalue weighted by molar-refractivity contribution is 0.0172. The third-order valence-corrected chi connectivity index (χ3v) is 3.72. The van der Waals surface area contributed by atoms with Gasteiger partial charge < -0.3 is 15.0 Å². The Bertz CT molecular complexity index is 542. The number of carbonyl (C=O) groups is 1. The van der Waals surface area contributed by atoms with E-state index in [2.05, 4.69) is 10.4 Å². The smallest absolute Gasteiger partial charge is 0.410 e. The fourth-order valence-electron chi connectivity index (χ4n) is 2.68. The highest BCUT2D eigenvalue weighted by Crippen LogP contribution is 2.20. The first-order valence-electron chi connectivity index (χ1n) is 8.25. The number of nitrogens with one attached hydrogen (secondary N) is 1. The Morgan fingerprint density at radius 1 is 1.50 bits per heavy atom. The zero-order valence-corrected chi connectivity index (χ0v) is 14.5. The van der Waals surface area contributed by atoms with Crippen molar-refractivity contribution in [3.63, 3.8) is 0 Å². The predicted molar refractivity (Wildman–Crippen MR) is 87.3 cm³/mol. The van der Waals surface area contributed by atoms with Crippen molar-refractivity contribution in [3.05, 3.63) is 12.4 Å². The molecule has 6 nitrogen and oxygen atoms in total. The van der Waals surface area contributed by atoms with Crippen LogP contribution in [0.4, 0.5) is 19.3 Å². The maximum Gasteiger partial charge on any atom is 0.410 e. The van der Waals surface area contributed by atoms with Gasteiger partial charge in [0.25, 0.3) is 6.43 Å². The van der Waals surface area contributed by atoms with Crippen molar-refractivity contribution in [2.75, 3.05) is 25.0 Å².